The third kappa shape index (κ3) is 5.45. The van der Waals surface area contributed by atoms with Crippen LogP contribution in [0.2, 0.25) is 0 Å². The van der Waals surface area contributed by atoms with Crippen molar-refractivity contribution >= 4 is 17.5 Å². The summed E-state index contributed by atoms with van der Waals surface area (Å²) in [6.45, 7) is 0.546. The monoisotopic (exact) mass is 414 g/mol. The highest BCUT2D eigenvalue weighted by Gasteiger charge is 2.16. The molecule has 0 fully saturated rings. The number of aromatic nitrogens is 4. The Bertz CT molecular complexity index is 1120. The Morgan fingerprint density at radius 3 is 2.35 bits per heavy atom. The van der Waals surface area contributed by atoms with E-state index in [4.69, 9.17) is 0 Å². The summed E-state index contributed by atoms with van der Waals surface area (Å²) in [5, 5.41) is 14.2. The molecule has 2 N–H and O–H groups in total. The number of nitrogens with one attached hydrogen (secondary N) is 2. The van der Waals surface area contributed by atoms with Crippen molar-refractivity contribution in [2.45, 2.75) is 19.1 Å². The molecule has 0 bridgehead atoms. The normalized spacial score (nSPS) is 11.6. The molecule has 2 heterocycles. The number of nitrogens with zero attached hydrogens (tertiary/aromatic N) is 4. The van der Waals surface area contributed by atoms with Gasteiger partial charge < -0.3 is 10.6 Å². The number of amides is 2. The summed E-state index contributed by atoms with van der Waals surface area (Å²) in [5.41, 5.74) is 2.07. The van der Waals surface area contributed by atoms with E-state index in [9.17, 15) is 9.59 Å². The van der Waals surface area contributed by atoms with E-state index in [2.05, 4.69) is 20.8 Å². The van der Waals surface area contributed by atoms with E-state index >= 15 is 0 Å². The molecule has 0 aliphatic heterocycles. The predicted molar refractivity (Wildman–Crippen MR) is 116 cm³/mol. The lowest BCUT2D eigenvalue weighted by Crippen LogP contribution is -2.34. The van der Waals surface area contributed by atoms with Gasteiger partial charge in [-0.05, 0) is 23.8 Å². The van der Waals surface area contributed by atoms with Crippen molar-refractivity contribution in [2.24, 2.45) is 0 Å². The topological polar surface area (TPSA) is 93.8 Å². The molecular weight excluding hydrogens is 392 g/mol. The lowest BCUT2D eigenvalue weighted by atomic mass is 10.1. The highest BCUT2D eigenvalue weighted by molar-refractivity contribution is 6.04. The van der Waals surface area contributed by atoms with Crippen molar-refractivity contribution in [1.29, 1.82) is 0 Å². The first-order valence-corrected chi connectivity index (χ1v) is 9.88. The van der Waals surface area contributed by atoms with Gasteiger partial charge >= 0.3 is 0 Å². The molecule has 0 saturated heterocycles. The summed E-state index contributed by atoms with van der Waals surface area (Å²) in [6, 6.07) is 20.3. The van der Waals surface area contributed by atoms with Crippen molar-refractivity contribution in [2.75, 3.05) is 5.32 Å². The smallest absolute Gasteiger partial charge is 0.255 e. The Kier molecular flexibility index (Phi) is 6.18. The molecule has 156 valence electrons. The molecule has 8 nitrogen and oxygen atoms in total. The molecule has 4 aromatic rings. The predicted octanol–water partition coefficient (Wildman–Crippen LogP) is 2.89. The second-order valence-electron chi connectivity index (χ2n) is 7.01. The number of carbonyl (C=O) groups excluding carboxylic acids is 2. The van der Waals surface area contributed by atoms with Gasteiger partial charge in [0.15, 0.2) is 0 Å². The Balaban J connectivity index is 1.38. The number of hydrogen-bond acceptors (Lipinski definition) is 4. The van der Waals surface area contributed by atoms with Crippen LogP contribution in [0.5, 0.6) is 0 Å². The lowest BCUT2D eigenvalue weighted by Gasteiger charge is -2.19. The van der Waals surface area contributed by atoms with E-state index in [1.807, 2.05) is 48.7 Å². The van der Waals surface area contributed by atoms with Crippen LogP contribution in [-0.4, -0.2) is 31.4 Å². The number of anilines is 1. The average molecular weight is 414 g/mol. The molecule has 0 radical (unpaired) electrons. The number of carbonyl (C=O) groups is 2. The fourth-order valence-electron chi connectivity index (χ4n) is 3.21. The van der Waals surface area contributed by atoms with Gasteiger partial charge in [-0.25, -0.2) is 0 Å². The average Bonchev–Trinajstić information content (AvgIpc) is 3.46. The van der Waals surface area contributed by atoms with E-state index in [0.29, 0.717) is 17.8 Å². The fourth-order valence-corrected chi connectivity index (χ4v) is 3.21. The standard InChI is InChI=1S/C23H22N6O2/c30-22(27-21(16-28-13-7-12-24-28)18-8-3-1-4-9-18)17-29-15-20(14-25-29)26-23(31)19-10-5-2-6-11-19/h1-15,21H,16-17H2,(H,26,31)(H,27,30)/t21-/m0/s1. The summed E-state index contributed by atoms with van der Waals surface area (Å²) < 4.78 is 3.27. The molecule has 31 heavy (non-hydrogen) atoms. The molecule has 0 unspecified atom stereocenters. The molecule has 0 saturated carbocycles. The molecule has 8 heteroatoms. The zero-order valence-electron chi connectivity index (χ0n) is 16.8. The van der Waals surface area contributed by atoms with Crippen LogP contribution in [0.3, 0.4) is 0 Å². The quantitative estimate of drug-likeness (QED) is 0.464. The Labute approximate surface area is 179 Å². The first kappa shape index (κ1) is 20.1. The Hall–Kier alpha value is -4.20. The first-order chi connectivity index (χ1) is 15.2. The highest BCUT2D eigenvalue weighted by atomic mass is 16.2. The minimum Gasteiger partial charge on any atom is -0.346 e. The second-order valence-corrected chi connectivity index (χ2v) is 7.01. The van der Waals surface area contributed by atoms with E-state index in [1.54, 1.807) is 41.3 Å². The van der Waals surface area contributed by atoms with Crippen LogP contribution in [-0.2, 0) is 17.9 Å². The summed E-state index contributed by atoms with van der Waals surface area (Å²) in [4.78, 5) is 25.0. The Morgan fingerprint density at radius 2 is 1.65 bits per heavy atom. The second kappa shape index (κ2) is 9.53. The zero-order valence-corrected chi connectivity index (χ0v) is 16.8. The zero-order chi connectivity index (χ0) is 21.5. The largest absolute Gasteiger partial charge is 0.346 e. The molecule has 2 aromatic carbocycles. The molecule has 2 aromatic heterocycles. The molecule has 4 rings (SSSR count). The minimum atomic E-state index is -0.235. The van der Waals surface area contributed by atoms with Gasteiger partial charge in [0.2, 0.25) is 5.91 Å². The molecule has 1 atom stereocenters. The van der Waals surface area contributed by atoms with Gasteiger partial charge in [-0.1, -0.05) is 48.5 Å². The summed E-state index contributed by atoms with van der Waals surface area (Å²) in [7, 11) is 0. The van der Waals surface area contributed by atoms with Gasteiger partial charge in [0.05, 0.1) is 24.5 Å². The summed E-state index contributed by atoms with van der Waals surface area (Å²) in [6.07, 6.45) is 6.72. The third-order valence-electron chi connectivity index (χ3n) is 4.70. The SMILES string of the molecule is O=C(Cn1cc(NC(=O)c2ccccc2)cn1)N[C@@H](Cn1cccn1)c1ccccc1. The first-order valence-electron chi connectivity index (χ1n) is 9.88. The number of benzene rings is 2. The van der Waals surface area contributed by atoms with Crippen molar-refractivity contribution in [3.8, 4) is 0 Å². The molecule has 0 aliphatic carbocycles. The van der Waals surface area contributed by atoms with Crippen LogP contribution in [0.4, 0.5) is 5.69 Å². The molecule has 0 spiro atoms. The van der Waals surface area contributed by atoms with Crippen molar-refractivity contribution in [1.82, 2.24) is 24.9 Å². The number of rotatable bonds is 8. The Morgan fingerprint density at radius 1 is 0.903 bits per heavy atom. The van der Waals surface area contributed by atoms with Crippen LogP contribution in [0, 0.1) is 0 Å². The van der Waals surface area contributed by atoms with E-state index < -0.39 is 0 Å². The van der Waals surface area contributed by atoms with Gasteiger partial charge in [0.1, 0.15) is 6.54 Å². The van der Waals surface area contributed by atoms with E-state index in [1.165, 1.54) is 10.9 Å². The van der Waals surface area contributed by atoms with Crippen LogP contribution >= 0.6 is 0 Å². The molecule has 0 aliphatic rings. The van der Waals surface area contributed by atoms with Crippen molar-refractivity contribution < 1.29 is 9.59 Å². The number of hydrogen-bond donors (Lipinski definition) is 2. The van der Waals surface area contributed by atoms with Crippen LogP contribution in [0.1, 0.15) is 22.0 Å². The van der Waals surface area contributed by atoms with E-state index in [0.717, 1.165) is 5.56 Å². The van der Waals surface area contributed by atoms with Crippen molar-refractivity contribution in [3.63, 3.8) is 0 Å². The van der Waals surface area contributed by atoms with Gasteiger partial charge in [0, 0.05) is 24.2 Å². The van der Waals surface area contributed by atoms with Crippen LogP contribution in [0.25, 0.3) is 0 Å². The van der Waals surface area contributed by atoms with Crippen molar-refractivity contribution in [3.05, 3.63) is 103 Å². The van der Waals surface area contributed by atoms with Gasteiger partial charge in [-0.15, -0.1) is 0 Å². The van der Waals surface area contributed by atoms with Gasteiger partial charge in [-0.2, -0.15) is 10.2 Å². The third-order valence-corrected chi connectivity index (χ3v) is 4.70. The maximum atomic E-state index is 12.7. The molecule has 2 amide bonds. The molecular formula is C23H22N6O2. The lowest BCUT2D eigenvalue weighted by molar-refractivity contribution is -0.122. The minimum absolute atomic E-state index is 0.0314. The maximum absolute atomic E-state index is 12.7. The summed E-state index contributed by atoms with van der Waals surface area (Å²) in [5.74, 6) is -0.419. The van der Waals surface area contributed by atoms with E-state index in [-0.39, 0.29) is 24.4 Å². The fraction of sp³-hybridized carbons (Fsp3) is 0.130. The van der Waals surface area contributed by atoms with Gasteiger partial charge in [-0.3, -0.25) is 19.0 Å². The maximum Gasteiger partial charge on any atom is 0.255 e. The van der Waals surface area contributed by atoms with Crippen LogP contribution < -0.4 is 10.6 Å². The van der Waals surface area contributed by atoms with Crippen LogP contribution in [0.15, 0.2) is 91.5 Å². The highest BCUT2D eigenvalue weighted by Crippen LogP contribution is 2.15. The van der Waals surface area contributed by atoms with Gasteiger partial charge in [0.25, 0.3) is 5.91 Å². The summed E-state index contributed by atoms with van der Waals surface area (Å²) >= 11 is 0.